The van der Waals surface area contributed by atoms with E-state index in [1.54, 1.807) is 6.07 Å². The van der Waals surface area contributed by atoms with Crippen LogP contribution in [0.15, 0.2) is 36.4 Å². The summed E-state index contributed by atoms with van der Waals surface area (Å²) in [6.07, 6.45) is 0. The zero-order valence-corrected chi connectivity index (χ0v) is 17.5. The van der Waals surface area contributed by atoms with Crippen molar-refractivity contribution in [2.75, 3.05) is 6.61 Å². The van der Waals surface area contributed by atoms with Crippen molar-refractivity contribution in [1.82, 2.24) is 15.8 Å². The van der Waals surface area contributed by atoms with E-state index in [1.165, 1.54) is 0 Å². The molecule has 1 aromatic heterocycles. The molecule has 0 spiro atoms. The minimum Gasteiger partial charge on any atom is -0.483 e. The van der Waals surface area contributed by atoms with Crippen molar-refractivity contribution in [2.24, 2.45) is 0 Å². The summed E-state index contributed by atoms with van der Waals surface area (Å²) in [5.41, 5.74) is 10.6. The first-order valence-corrected chi connectivity index (χ1v) is 9.67. The number of aryl methyl sites for hydroxylation is 3. The number of aromatic nitrogens is 1. The molecule has 0 fully saturated rings. The second kappa shape index (κ2) is 8.39. The van der Waals surface area contributed by atoms with E-state index >= 15 is 0 Å². The van der Waals surface area contributed by atoms with Gasteiger partial charge in [-0.1, -0.05) is 26.0 Å². The van der Waals surface area contributed by atoms with Crippen LogP contribution in [0.3, 0.4) is 0 Å². The number of nitrogens with one attached hydrogen (secondary N) is 3. The molecule has 0 bridgehead atoms. The van der Waals surface area contributed by atoms with E-state index in [2.05, 4.69) is 29.7 Å². The molecule has 3 aromatic rings. The molecule has 0 unspecified atom stereocenters. The number of benzene rings is 2. The van der Waals surface area contributed by atoms with Crippen LogP contribution in [0.1, 0.15) is 52.5 Å². The Bertz CT molecular complexity index is 1070. The van der Waals surface area contributed by atoms with Crippen molar-refractivity contribution in [3.05, 3.63) is 64.3 Å². The van der Waals surface area contributed by atoms with Crippen LogP contribution in [-0.4, -0.2) is 23.4 Å². The van der Waals surface area contributed by atoms with Gasteiger partial charge in [-0.2, -0.15) is 0 Å². The molecule has 0 aliphatic heterocycles. The van der Waals surface area contributed by atoms with Crippen molar-refractivity contribution in [2.45, 2.75) is 40.5 Å². The number of amides is 2. The van der Waals surface area contributed by atoms with Gasteiger partial charge in [0, 0.05) is 22.2 Å². The third-order valence-electron chi connectivity index (χ3n) is 5.04. The molecular weight excluding hydrogens is 366 g/mol. The van der Waals surface area contributed by atoms with Gasteiger partial charge in [-0.05, 0) is 67.6 Å². The quantitative estimate of drug-likeness (QED) is 0.572. The molecule has 29 heavy (non-hydrogen) atoms. The van der Waals surface area contributed by atoms with Gasteiger partial charge in [0.25, 0.3) is 11.8 Å². The van der Waals surface area contributed by atoms with Gasteiger partial charge in [-0.25, -0.2) is 0 Å². The second-order valence-corrected chi connectivity index (χ2v) is 7.62. The predicted octanol–water partition coefficient (Wildman–Crippen LogP) is 4.06. The van der Waals surface area contributed by atoms with Crippen molar-refractivity contribution in [1.29, 1.82) is 0 Å². The Morgan fingerprint density at radius 1 is 1.03 bits per heavy atom. The normalized spacial score (nSPS) is 11.0. The molecule has 6 heteroatoms. The molecular formula is C23H27N3O3. The molecule has 2 amide bonds. The van der Waals surface area contributed by atoms with E-state index in [0.29, 0.717) is 11.3 Å². The largest absolute Gasteiger partial charge is 0.483 e. The molecule has 0 aliphatic rings. The standard InChI is InChI=1S/C23H27N3O3/c1-13(2)18-8-6-14(3)10-21(18)29-12-22(27)25-26-23(28)17-7-9-20-19(11-17)15(4)16(5)24-20/h6-11,13,24H,12H2,1-5H3,(H,25,27)(H,26,28). The first-order chi connectivity index (χ1) is 13.8. The number of aromatic amines is 1. The van der Waals surface area contributed by atoms with Crippen molar-refractivity contribution in [3.8, 4) is 5.75 Å². The van der Waals surface area contributed by atoms with Crippen LogP contribution < -0.4 is 15.6 Å². The summed E-state index contributed by atoms with van der Waals surface area (Å²) < 4.78 is 5.69. The lowest BCUT2D eigenvalue weighted by Gasteiger charge is -2.15. The summed E-state index contributed by atoms with van der Waals surface area (Å²) in [5.74, 6) is 0.162. The summed E-state index contributed by atoms with van der Waals surface area (Å²) in [4.78, 5) is 27.8. The molecule has 6 nitrogen and oxygen atoms in total. The molecule has 0 saturated heterocycles. The highest BCUT2D eigenvalue weighted by atomic mass is 16.5. The van der Waals surface area contributed by atoms with Crippen molar-refractivity contribution < 1.29 is 14.3 Å². The third-order valence-corrected chi connectivity index (χ3v) is 5.04. The molecule has 0 atom stereocenters. The Morgan fingerprint density at radius 3 is 2.52 bits per heavy atom. The second-order valence-electron chi connectivity index (χ2n) is 7.62. The number of ether oxygens (including phenoxy) is 1. The van der Waals surface area contributed by atoms with Crippen LogP contribution in [0.2, 0.25) is 0 Å². The maximum absolute atomic E-state index is 12.4. The van der Waals surface area contributed by atoms with E-state index in [0.717, 1.165) is 33.3 Å². The van der Waals surface area contributed by atoms with Crippen LogP contribution >= 0.6 is 0 Å². The van der Waals surface area contributed by atoms with Gasteiger partial charge in [0.05, 0.1) is 0 Å². The first-order valence-electron chi connectivity index (χ1n) is 9.67. The molecule has 3 N–H and O–H groups in total. The molecule has 1 heterocycles. The Labute approximate surface area is 170 Å². The number of fused-ring (bicyclic) bond motifs is 1. The van der Waals surface area contributed by atoms with Gasteiger partial charge in [-0.3, -0.25) is 20.4 Å². The maximum Gasteiger partial charge on any atom is 0.276 e. The van der Waals surface area contributed by atoms with Gasteiger partial charge in [0.2, 0.25) is 0 Å². The Balaban J connectivity index is 1.59. The van der Waals surface area contributed by atoms with Crippen LogP contribution in [0, 0.1) is 20.8 Å². The van der Waals surface area contributed by atoms with Crippen LogP contribution in [-0.2, 0) is 4.79 Å². The zero-order valence-electron chi connectivity index (χ0n) is 17.5. The van der Waals surface area contributed by atoms with Gasteiger partial charge in [0.15, 0.2) is 6.61 Å². The summed E-state index contributed by atoms with van der Waals surface area (Å²) >= 11 is 0. The number of rotatable bonds is 5. The topological polar surface area (TPSA) is 83.2 Å². The van der Waals surface area contributed by atoms with Crippen molar-refractivity contribution >= 4 is 22.7 Å². The average molecular weight is 393 g/mol. The molecule has 0 saturated carbocycles. The molecule has 152 valence electrons. The van der Waals surface area contributed by atoms with Crippen LogP contribution in [0.25, 0.3) is 10.9 Å². The number of hydrogen-bond acceptors (Lipinski definition) is 3. The molecule has 2 aromatic carbocycles. The highest BCUT2D eigenvalue weighted by Crippen LogP contribution is 2.27. The van der Waals surface area contributed by atoms with Gasteiger partial charge in [-0.15, -0.1) is 0 Å². The number of carbonyl (C=O) groups excluding carboxylic acids is 2. The van der Waals surface area contributed by atoms with E-state index in [1.807, 2.05) is 51.1 Å². The monoisotopic (exact) mass is 393 g/mol. The fourth-order valence-corrected chi connectivity index (χ4v) is 3.22. The van der Waals surface area contributed by atoms with Crippen molar-refractivity contribution in [3.63, 3.8) is 0 Å². The van der Waals surface area contributed by atoms with E-state index in [-0.39, 0.29) is 18.4 Å². The number of hydrogen-bond donors (Lipinski definition) is 3. The van der Waals surface area contributed by atoms with Gasteiger partial charge in [0.1, 0.15) is 5.75 Å². The lowest BCUT2D eigenvalue weighted by atomic mass is 10.0. The van der Waals surface area contributed by atoms with E-state index in [9.17, 15) is 9.59 Å². The average Bonchev–Trinajstić information content (AvgIpc) is 2.97. The molecule has 3 rings (SSSR count). The minimum atomic E-state index is -0.427. The van der Waals surface area contributed by atoms with E-state index in [4.69, 9.17) is 4.74 Å². The van der Waals surface area contributed by atoms with E-state index < -0.39 is 5.91 Å². The Morgan fingerprint density at radius 2 is 1.79 bits per heavy atom. The minimum absolute atomic E-state index is 0.182. The highest BCUT2D eigenvalue weighted by Gasteiger charge is 2.13. The SMILES string of the molecule is Cc1ccc(C(C)C)c(OCC(=O)NNC(=O)c2ccc3[nH]c(C)c(C)c3c2)c1. The summed E-state index contributed by atoms with van der Waals surface area (Å²) in [7, 11) is 0. The molecule has 0 radical (unpaired) electrons. The fraction of sp³-hybridized carbons (Fsp3) is 0.304. The summed E-state index contributed by atoms with van der Waals surface area (Å²) in [5, 5.41) is 0.991. The number of hydrazine groups is 1. The number of carbonyl (C=O) groups is 2. The lowest BCUT2D eigenvalue weighted by Crippen LogP contribution is -2.43. The highest BCUT2D eigenvalue weighted by molar-refractivity contribution is 5.99. The predicted molar refractivity (Wildman–Crippen MR) is 114 cm³/mol. The van der Waals surface area contributed by atoms with Crippen LogP contribution in [0.5, 0.6) is 5.75 Å². The Hall–Kier alpha value is -3.28. The zero-order chi connectivity index (χ0) is 21.1. The maximum atomic E-state index is 12.4. The number of H-pyrrole nitrogens is 1. The van der Waals surface area contributed by atoms with Gasteiger partial charge >= 0.3 is 0 Å². The third kappa shape index (κ3) is 4.59. The molecule has 0 aliphatic carbocycles. The first kappa shape index (κ1) is 20.5. The Kier molecular flexibility index (Phi) is 5.92. The lowest BCUT2D eigenvalue weighted by molar-refractivity contribution is -0.123. The summed E-state index contributed by atoms with van der Waals surface area (Å²) in [6, 6.07) is 11.3. The van der Waals surface area contributed by atoms with Crippen LogP contribution in [0.4, 0.5) is 0 Å². The van der Waals surface area contributed by atoms with Gasteiger partial charge < -0.3 is 9.72 Å². The fourth-order valence-electron chi connectivity index (χ4n) is 3.22. The smallest absolute Gasteiger partial charge is 0.276 e. The summed E-state index contributed by atoms with van der Waals surface area (Å²) in [6.45, 7) is 9.94.